The highest BCUT2D eigenvalue weighted by Crippen LogP contribution is 2.28. The molecule has 2 aromatic rings. The summed E-state index contributed by atoms with van der Waals surface area (Å²) in [5.41, 5.74) is 1.46. The number of halogens is 2. The number of nitriles is 1. The average molecular weight is 323 g/mol. The summed E-state index contributed by atoms with van der Waals surface area (Å²) in [4.78, 5) is 0. The molecule has 0 aliphatic rings. The summed E-state index contributed by atoms with van der Waals surface area (Å²) in [6.45, 7) is 0.319. The van der Waals surface area contributed by atoms with Gasteiger partial charge in [-0.2, -0.15) is 5.26 Å². The third-order valence-corrected chi connectivity index (χ3v) is 3.22. The molecule has 0 saturated carbocycles. The monoisotopic (exact) mass is 321 g/mol. The topological polar surface area (TPSA) is 33.0 Å². The smallest absolute Gasteiger partial charge is 0.139 e. The molecule has 0 aromatic heterocycles. The zero-order valence-electron chi connectivity index (χ0n) is 9.36. The first-order chi connectivity index (χ1) is 8.70. The Bertz CT molecular complexity index is 607. The summed E-state index contributed by atoms with van der Waals surface area (Å²) in [5.74, 6) is 0.596. The van der Waals surface area contributed by atoms with E-state index in [9.17, 15) is 0 Å². The standard InChI is InChI=1S/C14H9BrClNO/c15-12-5-6-13(16)14(7-12)18-9-11-4-2-1-3-10(11)8-17/h1-7H,9H2. The first kappa shape index (κ1) is 12.9. The van der Waals surface area contributed by atoms with Gasteiger partial charge in [0.05, 0.1) is 16.7 Å². The zero-order valence-corrected chi connectivity index (χ0v) is 11.7. The van der Waals surface area contributed by atoms with Gasteiger partial charge in [-0.1, -0.05) is 45.7 Å². The highest BCUT2D eigenvalue weighted by Gasteiger charge is 2.05. The van der Waals surface area contributed by atoms with Crippen molar-refractivity contribution in [2.45, 2.75) is 6.61 Å². The maximum Gasteiger partial charge on any atom is 0.139 e. The molecule has 0 bridgehead atoms. The van der Waals surface area contributed by atoms with E-state index in [1.807, 2.05) is 24.3 Å². The van der Waals surface area contributed by atoms with Crippen molar-refractivity contribution in [3.05, 3.63) is 63.1 Å². The lowest BCUT2D eigenvalue weighted by Gasteiger charge is -2.09. The van der Waals surface area contributed by atoms with Gasteiger partial charge in [-0.15, -0.1) is 0 Å². The van der Waals surface area contributed by atoms with Crippen molar-refractivity contribution in [1.29, 1.82) is 5.26 Å². The van der Waals surface area contributed by atoms with E-state index in [-0.39, 0.29) is 0 Å². The molecule has 4 heteroatoms. The van der Waals surface area contributed by atoms with Crippen molar-refractivity contribution in [1.82, 2.24) is 0 Å². The van der Waals surface area contributed by atoms with E-state index in [4.69, 9.17) is 21.6 Å². The van der Waals surface area contributed by atoms with Crippen LogP contribution in [0.5, 0.6) is 5.75 Å². The highest BCUT2D eigenvalue weighted by molar-refractivity contribution is 9.10. The molecular weight excluding hydrogens is 314 g/mol. The second-order valence-electron chi connectivity index (χ2n) is 3.63. The second kappa shape index (κ2) is 5.90. The van der Waals surface area contributed by atoms with Gasteiger partial charge in [0, 0.05) is 10.0 Å². The Morgan fingerprint density at radius 1 is 1.22 bits per heavy atom. The fourth-order valence-electron chi connectivity index (χ4n) is 1.50. The molecule has 90 valence electrons. The molecule has 2 nitrogen and oxygen atoms in total. The van der Waals surface area contributed by atoms with Gasteiger partial charge >= 0.3 is 0 Å². The Balaban J connectivity index is 2.17. The van der Waals surface area contributed by atoms with E-state index in [0.29, 0.717) is 22.9 Å². The van der Waals surface area contributed by atoms with E-state index in [2.05, 4.69) is 22.0 Å². The summed E-state index contributed by atoms with van der Waals surface area (Å²) in [6, 6.07) is 14.9. The van der Waals surface area contributed by atoms with Crippen molar-refractivity contribution in [2.24, 2.45) is 0 Å². The molecule has 0 saturated heterocycles. The van der Waals surface area contributed by atoms with Crippen LogP contribution in [-0.4, -0.2) is 0 Å². The van der Waals surface area contributed by atoms with Crippen molar-refractivity contribution >= 4 is 27.5 Å². The van der Waals surface area contributed by atoms with Crippen LogP contribution in [0.15, 0.2) is 46.9 Å². The summed E-state index contributed by atoms with van der Waals surface area (Å²) in [6.07, 6.45) is 0. The molecule has 0 N–H and O–H groups in total. The molecule has 18 heavy (non-hydrogen) atoms. The molecular formula is C14H9BrClNO. The molecule has 0 unspecified atom stereocenters. The molecule has 0 fully saturated rings. The van der Waals surface area contributed by atoms with Gasteiger partial charge in [-0.05, 0) is 24.3 Å². The first-order valence-electron chi connectivity index (χ1n) is 5.26. The average Bonchev–Trinajstić information content (AvgIpc) is 2.40. The molecule has 0 aliphatic heterocycles. The second-order valence-corrected chi connectivity index (χ2v) is 4.96. The summed E-state index contributed by atoms with van der Waals surface area (Å²) in [5, 5.41) is 9.52. The third kappa shape index (κ3) is 3.04. The van der Waals surface area contributed by atoms with Crippen molar-refractivity contribution < 1.29 is 4.74 Å². The molecule has 0 radical (unpaired) electrons. The molecule has 0 atom stereocenters. The summed E-state index contributed by atoms with van der Waals surface area (Å²) >= 11 is 9.38. The lowest BCUT2D eigenvalue weighted by molar-refractivity contribution is 0.306. The van der Waals surface area contributed by atoms with Gasteiger partial charge in [-0.25, -0.2) is 0 Å². The van der Waals surface area contributed by atoms with Crippen molar-refractivity contribution in [3.63, 3.8) is 0 Å². The van der Waals surface area contributed by atoms with Crippen LogP contribution in [0.3, 0.4) is 0 Å². The predicted octanol–water partition coefficient (Wildman–Crippen LogP) is 4.55. The third-order valence-electron chi connectivity index (χ3n) is 2.41. The van der Waals surface area contributed by atoms with Gasteiger partial charge in [0.15, 0.2) is 0 Å². The van der Waals surface area contributed by atoms with Crippen LogP contribution < -0.4 is 4.74 Å². The number of benzene rings is 2. The Morgan fingerprint density at radius 2 is 2.00 bits per heavy atom. The molecule has 0 spiro atoms. The van der Waals surface area contributed by atoms with Crippen LogP contribution in [0, 0.1) is 11.3 Å². The number of rotatable bonds is 3. The number of hydrogen-bond donors (Lipinski definition) is 0. The van der Waals surface area contributed by atoms with Crippen LogP contribution >= 0.6 is 27.5 Å². The minimum Gasteiger partial charge on any atom is -0.487 e. The van der Waals surface area contributed by atoms with E-state index >= 15 is 0 Å². The molecule has 0 amide bonds. The van der Waals surface area contributed by atoms with E-state index < -0.39 is 0 Å². The van der Waals surface area contributed by atoms with Crippen molar-refractivity contribution in [2.75, 3.05) is 0 Å². The Morgan fingerprint density at radius 3 is 2.78 bits per heavy atom. The maximum absolute atomic E-state index is 8.98. The van der Waals surface area contributed by atoms with Crippen LogP contribution in [0.2, 0.25) is 5.02 Å². The largest absolute Gasteiger partial charge is 0.487 e. The SMILES string of the molecule is N#Cc1ccccc1COc1cc(Br)ccc1Cl. The number of nitrogens with zero attached hydrogens (tertiary/aromatic N) is 1. The zero-order chi connectivity index (χ0) is 13.0. The Labute approximate surface area is 119 Å². The molecule has 2 rings (SSSR count). The van der Waals surface area contributed by atoms with Gasteiger partial charge in [0.2, 0.25) is 0 Å². The lowest BCUT2D eigenvalue weighted by Crippen LogP contribution is -1.98. The number of ether oxygens (including phenoxy) is 1. The fourth-order valence-corrected chi connectivity index (χ4v) is 2.01. The maximum atomic E-state index is 8.98. The molecule has 0 aliphatic carbocycles. The van der Waals surface area contributed by atoms with Gasteiger partial charge in [0.1, 0.15) is 12.4 Å². The van der Waals surface area contributed by atoms with Crippen molar-refractivity contribution in [3.8, 4) is 11.8 Å². The first-order valence-corrected chi connectivity index (χ1v) is 6.43. The minimum absolute atomic E-state index is 0.319. The number of hydrogen-bond acceptors (Lipinski definition) is 2. The fraction of sp³-hybridized carbons (Fsp3) is 0.0714. The lowest BCUT2D eigenvalue weighted by atomic mass is 10.1. The normalized spacial score (nSPS) is 9.83. The van der Waals surface area contributed by atoms with Crippen LogP contribution in [0.25, 0.3) is 0 Å². The highest BCUT2D eigenvalue weighted by atomic mass is 79.9. The van der Waals surface area contributed by atoms with E-state index in [0.717, 1.165) is 10.0 Å². The summed E-state index contributed by atoms with van der Waals surface area (Å²) in [7, 11) is 0. The molecule has 2 aromatic carbocycles. The Kier molecular flexibility index (Phi) is 4.24. The quantitative estimate of drug-likeness (QED) is 0.830. The van der Waals surface area contributed by atoms with Crippen LogP contribution in [-0.2, 0) is 6.61 Å². The van der Waals surface area contributed by atoms with Gasteiger partial charge in [0.25, 0.3) is 0 Å². The van der Waals surface area contributed by atoms with E-state index in [1.54, 1.807) is 18.2 Å². The van der Waals surface area contributed by atoms with Gasteiger partial charge < -0.3 is 4.74 Å². The van der Waals surface area contributed by atoms with Gasteiger partial charge in [-0.3, -0.25) is 0 Å². The minimum atomic E-state index is 0.319. The van der Waals surface area contributed by atoms with Crippen LogP contribution in [0.4, 0.5) is 0 Å². The predicted molar refractivity (Wildman–Crippen MR) is 74.6 cm³/mol. The van der Waals surface area contributed by atoms with Crippen LogP contribution in [0.1, 0.15) is 11.1 Å². The summed E-state index contributed by atoms with van der Waals surface area (Å²) < 4.78 is 6.53. The van der Waals surface area contributed by atoms with E-state index in [1.165, 1.54) is 0 Å². The molecule has 0 heterocycles. The Hall–Kier alpha value is -1.50.